The zero-order chi connectivity index (χ0) is 48.1. The van der Waals surface area contributed by atoms with Gasteiger partial charge in [-0.05, 0) is 77.0 Å². The maximum absolute atomic E-state index is 12.8. The predicted octanol–water partition coefficient (Wildman–Crippen LogP) is 15.4. The number of carbonyl (C=O) groups excluding carboxylic acids is 4. The lowest BCUT2D eigenvalue weighted by atomic mass is 10.0. The number of hydrogen-bond acceptors (Lipinski definition) is 8. The van der Waals surface area contributed by atoms with E-state index in [-0.39, 0.29) is 37.0 Å². The highest BCUT2D eigenvalue weighted by molar-refractivity contribution is 5.75. The van der Waals surface area contributed by atoms with Crippen LogP contribution in [-0.4, -0.2) is 56.2 Å². The van der Waals surface area contributed by atoms with Gasteiger partial charge in [-0.15, -0.1) is 0 Å². The quantitative estimate of drug-likeness (QED) is 0.0267. The monoisotopic (exact) mass is 929 g/mol. The summed E-state index contributed by atoms with van der Waals surface area (Å²) in [5.74, 6) is -0.838. The third-order valence-electron chi connectivity index (χ3n) is 12.1. The second-order valence-corrected chi connectivity index (χ2v) is 18.7. The van der Waals surface area contributed by atoms with Gasteiger partial charge in [-0.3, -0.25) is 19.2 Å². The summed E-state index contributed by atoms with van der Waals surface area (Å²) in [4.78, 5) is 49.7. The van der Waals surface area contributed by atoms with Gasteiger partial charge < -0.3 is 25.3 Å². The van der Waals surface area contributed by atoms with Crippen molar-refractivity contribution in [2.24, 2.45) is 5.73 Å². The van der Waals surface area contributed by atoms with Crippen molar-refractivity contribution in [2.45, 2.75) is 277 Å². The molecule has 66 heavy (non-hydrogen) atoms. The van der Waals surface area contributed by atoms with Gasteiger partial charge in [0.2, 0.25) is 5.91 Å². The van der Waals surface area contributed by atoms with Gasteiger partial charge >= 0.3 is 17.9 Å². The van der Waals surface area contributed by atoms with Crippen LogP contribution in [0.1, 0.15) is 271 Å². The van der Waals surface area contributed by atoms with Crippen molar-refractivity contribution in [3.8, 4) is 0 Å². The van der Waals surface area contributed by atoms with Crippen molar-refractivity contribution in [3.63, 3.8) is 0 Å². The minimum Gasteiger partial charge on any atom is -0.462 e. The fourth-order valence-corrected chi connectivity index (χ4v) is 7.91. The van der Waals surface area contributed by atoms with E-state index >= 15 is 0 Å². The third-order valence-corrected chi connectivity index (χ3v) is 12.1. The lowest BCUT2D eigenvalue weighted by molar-refractivity contribution is -0.167. The molecule has 0 aromatic carbocycles. The molecule has 1 unspecified atom stereocenters. The number of esters is 3. The molecule has 1 amide bonds. The second kappa shape index (κ2) is 53.0. The van der Waals surface area contributed by atoms with E-state index in [1.165, 1.54) is 96.3 Å². The molecule has 0 aliphatic carbocycles. The number of nitrogens with two attached hydrogens (primary N) is 1. The van der Waals surface area contributed by atoms with Crippen molar-refractivity contribution in [2.75, 3.05) is 26.3 Å². The van der Waals surface area contributed by atoms with Crippen LogP contribution in [0.5, 0.6) is 0 Å². The van der Waals surface area contributed by atoms with E-state index in [1.807, 2.05) is 0 Å². The van der Waals surface area contributed by atoms with E-state index in [9.17, 15) is 19.2 Å². The van der Waals surface area contributed by atoms with Crippen LogP contribution in [0.2, 0.25) is 0 Å². The largest absolute Gasteiger partial charge is 0.462 e. The van der Waals surface area contributed by atoms with Gasteiger partial charge in [-0.2, -0.15) is 0 Å². The van der Waals surface area contributed by atoms with Gasteiger partial charge in [0.15, 0.2) is 6.10 Å². The molecule has 0 saturated carbocycles. The van der Waals surface area contributed by atoms with Gasteiger partial charge in [0.1, 0.15) is 13.2 Å². The Morgan fingerprint density at radius 1 is 0.409 bits per heavy atom. The summed E-state index contributed by atoms with van der Waals surface area (Å²) in [6.07, 6.45) is 55.8. The zero-order valence-corrected chi connectivity index (χ0v) is 43.1. The predicted molar refractivity (Wildman–Crippen MR) is 277 cm³/mol. The molecule has 0 radical (unpaired) electrons. The molecule has 0 saturated heterocycles. The molecule has 0 aliphatic rings. The first-order valence-corrected chi connectivity index (χ1v) is 27.8. The first-order valence-electron chi connectivity index (χ1n) is 27.8. The number of nitrogens with one attached hydrogen (secondary N) is 1. The first kappa shape index (κ1) is 63.1. The first-order chi connectivity index (χ1) is 32.4. The maximum atomic E-state index is 12.8. The Morgan fingerprint density at radius 2 is 0.742 bits per heavy atom. The topological polar surface area (TPSA) is 134 Å². The number of hydrogen-bond donors (Lipinski definition) is 2. The molecule has 0 fully saturated rings. The highest BCUT2D eigenvalue weighted by atomic mass is 16.6. The Labute approximate surface area is 406 Å². The van der Waals surface area contributed by atoms with E-state index in [4.69, 9.17) is 19.9 Å². The molecule has 0 rings (SSSR count). The lowest BCUT2D eigenvalue weighted by Gasteiger charge is -2.18. The van der Waals surface area contributed by atoms with Crippen molar-refractivity contribution in [1.29, 1.82) is 0 Å². The smallest absolute Gasteiger partial charge is 0.306 e. The molecule has 0 bridgehead atoms. The number of amides is 1. The average Bonchev–Trinajstić information content (AvgIpc) is 3.31. The zero-order valence-electron chi connectivity index (χ0n) is 43.1. The molecule has 9 heteroatoms. The molecule has 1 atom stereocenters. The van der Waals surface area contributed by atoms with Crippen LogP contribution in [-0.2, 0) is 33.4 Å². The van der Waals surface area contributed by atoms with Crippen LogP contribution < -0.4 is 11.1 Å². The fourth-order valence-electron chi connectivity index (χ4n) is 7.91. The van der Waals surface area contributed by atoms with Gasteiger partial charge in [-0.1, -0.05) is 204 Å². The van der Waals surface area contributed by atoms with Crippen LogP contribution in [0.3, 0.4) is 0 Å². The molecule has 0 aromatic rings. The van der Waals surface area contributed by atoms with Crippen LogP contribution in [0.25, 0.3) is 0 Å². The van der Waals surface area contributed by atoms with E-state index in [0.717, 1.165) is 135 Å². The molecule has 384 valence electrons. The highest BCUT2D eigenvalue weighted by Crippen LogP contribution is 2.16. The van der Waals surface area contributed by atoms with Crippen LogP contribution in [0, 0.1) is 0 Å². The van der Waals surface area contributed by atoms with Crippen molar-refractivity contribution >= 4 is 23.8 Å². The van der Waals surface area contributed by atoms with Gasteiger partial charge in [-0.25, -0.2) is 0 Å². The van der Waals surface area contributed by atoms with Crippen molar-refractivity contribution < 1.29 is 33.4 Å². The molecular weight excluding hydrogens is 825 g/mol. The summed E-state index contributed by atoms with van der Waals surface area (Å²) in [6.45, 7) is 5.33. The lowest BCUT2D eigenvalue weighted by Crippen LogP contribution is -2.30. The number of rotatable bonds is 51. The number of ether oxygens (including phenoxy) is 3. The highest BCUT2D eigenvalue weighted by Gasteiger charge is 2.19. The Kier molecular flexibility index (Phi) is 50.7. The second-order valence-electron chi connectivity index (χ2n) is 18.7. The minimum atomic E-state index is -0.799. The van der Waals surface area contributed by atoms with E-state index in [2.05, 4.69) is 55.6 Å². The average molecular weight is 929 g/mol. The van der Waals surface area contributed by atoms with E-state index in [0.29, 0.717) is 38.8 Å². The van der Waals surface area contributed by atoms with E-state index < -0.39 is 6.10 Å². The standard InChI is InChI=1S/C57H104N2O7/c1-3-5-7-9-11-13-15-17-19-23-26-30-34-38-42-46-55(61)64-51-53(66-57(63)48-44-40-36-32-28-22-18-16-14-12-10-8-6-4-2)52-65-56(62)47-43-39-35-31-27-24-20-21-25-29-33-37-41-45-54(60)59-50-49-58/h10,12,16,18,20-21,53H,3-9,11,13-15,17,19,22-52,58H2,1-2H3,(H,59,60)/b12-10-,18-16-,21-20+. The molecule has 3 N–H and O–H groups in total. The SMILES string of the molecule is CCCC/C=C\C/C=C\CCCCCCCC(=O)OC(COC(=O)CCCCCCC/C=C/CCCCCCC(=O)NCCN)COC(=O)CCCCCCCCCCCCCCCCC. The maximum Gasteiger partial charge on any atom is 0.306 e. The Bertz CT molecular complexity index is 1190. The van der Waals surface area contributed by atoms with Crippen LogP contribution in [0.4, 0.5) is 0 Å². The number of unbranched alkanes of at least 4 members (excludes halogenated alkanes) is 30. The van der Waals surface area contributed by atoms with Gasteiger partial charge in [0, 0.05) is 38.8 Å². The molecule has 0 aromatic heterocycles. The molecule has 9 nitrogen and oxygen atoms in total. The van der Waals surface area contributed by atoms with Crippen molar-refractivity contribution in [3.05, 3.63) is 36.5 Å². The minimum absolute atomic E-state index is 0.0941. The number of allylic oxidation sites excluding steroid dienone is 6. The Morgan fingerprint density at radius 3 is 1.15 bits per heavy atom. The molecular formula is C57H104N2O7. The Balaban J connectivity index is 4.37. The van der Waals surface area contributed by atoms with E-state index in [1.54, 1.807) is 0 Å². The summed E-state index contributed by atoms with van der Waals surface area (Å²) >= 11 is 0. The normalized spacial score (nSPS) is 12.1. The van der Waals surface area contributed by atoms with Crippen LogP contribution in [0.15, 0.2) is 36.5 Å². The summed E-state index contributed by atoms with van der Waals surface area (Å²) in [5, 5.41) is 2.81. The van der Waals surface area contributed by atoms with Gasteiger partial charge in [0.05, 0.1) is 0 Å². The molecule has 0 aliphatic heterocycles. The number of carbonyl (C=O) groups is 4. The summed E-state index contributed by atoms with van der Waals surface area (Å²) in [6, 6.07) is 0. The Hall–Kier alpha value is -2.94. The fraction of sp³-hybridized carbons (Fsp3) is 0.825. The third kappa shape index (κ3) is 50.5. The summed E-state index contributed by atoms with van der Waals surface area (Å²) in [5.41, 5.74) is 5.41. The summed E-state index contributed by atoms with van der Waals surface area (Å²) in [7, 11) is 0. The molecule has 0 spiro atoms. The molecule has 0 heterocycles. The van der Waals surface area contributed by atoms with Gasteiger partial charge in [0.25, 0.3) is 0 Å². The van der Waals surface area contributed by atoms with Crippen LogP contribution >= 0.6 is 0 Å². The summed E-state index contributed by atoms with van der Waals surface area (Å²) < 4.78 is 16.8. The van der Waals surface area contributed by atoms with Crippen molar-refractivity contribution in [1.82, 2.24) is 5.32 Å².